The first-order valence-corrected chi connectivity index (χ1v) is 9.41. The fourth-order valence-corrected chi connectivity index (χ4v) is 4.61. The highest BCUT2D eigenvalue weighted by Crippen LogP contribution is 2.42. The lowest BCUT2D eigenvalue weighted by atomic mass is 10.0. The van der Waals surface area contributed by atoms with E-state index in [0.29, 0.717) is 11.3 Å². The van der Waals surface area contributed by atoms with Gasteiger partial charge in [-0.3, -0.25) is 14.9 Å². The van der Waals surface area contributed by atoms with Crippen molar-refractivity contribution >= 4 is 45.6 Å². The molecule has 0 bridgehead atoms. The molecule has 3 aliphatic rings. The summed E-state index contributed by atoms with van der Waals surface area (Å²) in [5.41, 5.74) is 3.33. The minimum atomic E-state index is -0.447. The van der Waals surface area contributed by atoms with Crippen LogP contribution in [0.25, 0.3) is 16.3 Å². The highest BCUT2D eigenvalue weighted by molar-refractivity contribution is 7.99. The Morgan fingerprint density at radius 2 is 2.00 bits per heavy atom. The molecule has 0 radical (unpaired) electrons. The van der Waals surface area contributed by atoms with Gasteiger partial charge in [-0.2, -0.15) is 11.8 Å². The molecule has 0 spiro atoms. The topological polar surface area (TPSA) is 70.6 Å². The summed E-state index contributed by atoms with van der Waals surface area (Å²) in [5.74, 6) is 1.04. The standard InChI is InChI=1S/C19H15N3O2S/c23-18(21-13-9-25-8-7-20-13)16-15-11-5-1-3-10-4-2-6-12(14(10)11)17(15)22-19(16)24/h1-6,13,20H,7-9H2,(H,21,23). The molecule has 25 heavy (non-hydrogen) atoms. The van der Waals surface area contributed by atoms with Gasteiger partial charge in [-0.05, 0) is 16.3 Å². The van der Waals surface area contributed by atoms with Gasteiger partial charge in [0.05, 0.1) is 11.9 Å². The number of nitrogens with zero attached hydrogens (tertiary/aromatic N) is 1. The predicted molar refractivity (Wildman–Crippen MR) is 99.7 cm³/mol. The van der Waals surface area contributed by atoms with Crippen molar-refractivity contribution in [3.63, 3.8) is 0 Å². The number of allylic oxidation sites excluding steroid dienone is 1. The van der Waals surface area contributed by atoms with Crippen LogP contribution >= 0.6 is 11.8 Å². The number of aliphatic imine (C=N–C) groups is 1. The van der Waals surface area contributed by atoms with Crippen LogP contribution in [0.4, 0.5) is 0 Å². The van der Waals surface area contributed by atoms with Crippen molar-refractivity contribution < 1.29 is 9.59 Å². The molecule has 5 rings (SSSR count). The second-order valence-corrected chi connectivity index (χ2v) is 7.43. The third-order valence-corrected chi connectivity index (χ3v) is 5.86. The van der Waals surface area contributed by atoms with Gasteiger partial charge in [-0.1, -0.05) is 36.4 Å². The second kappa shape index (κ2) is 5.54. The van der Waals surface area contributed by atoms with E-state index in [4.69, 9.17) is 0 Å². The first-order chi connectivity index (χ1) is 12.2. The van der Waals surface area contributed by atoms with Gasteiger partial charge in [0.25, 0.3) is 11.8 Å². The van der Waals surface area contributed by atoms with E-state index in [-0.39, 0.29) is 17.6 Å². The van der Waals surface area contributed by atoms with Crippen molar-refractivity contribution in [2.24, 2.45) is 4.99 Å². The van der Waals surface area contributed by atoms with Crippen LogP contribution in [0.15, 0.2) is 47.0 Å². The molecule has 1 atom stereocenters. The first-order valence-electron chi connectivity index (χ1n) is 8.26. The number of fused-ring (bicyclic) bond motifs is 3. The Labute approximate surface area is 148 Å². The van der Waals surface area contributed by atoms with E-state index >= 15 is 0 Å². The summed E-state index contributed by atoms with van der Waals surface area (Å²) in [6.07, 6.45) is -0.115. The van der Waals surface area contributed by atoms with E-state index in [1.807, 2.05) is 36.4 Å². The number of benzene rings is 2. The normalized spacial score (nSPS) is 21.5. The van der Waals surface area contributed by atoms with Crippen molar-refractivity contribution in [3.05, 3.63) is 53.1 Å². The molecule has 5 nitrogen and oxygen atoms in total. The maximum Gasteiger partial charge on any atom is 0.283 e. The van der Waals surface area contributed by atoms with Crippen LogP contribution in [0.3, 0.4) is 0 Å². The molecule has 2 aromatic carbocycles. The average molecular weight is 349 g/mol. The van der Waals surface area contributed by atoms with Crippen molar-refractivity contribution in [2.45, 2.75) is 6.17 Å². The molecule has 1 saturated heterocycles. The van der Waals surface area contributed by atoms with Crippen molar-refractivity contribution in [2.75, 3.05) is 18.1 Å². The van der Waals surface area contributed by atoms with Gasteiger partial charge in [-0.15, -0.1) is 0 Å². The number of carbonyl (C=O) groups is 2. The summed E-state index contributed by atoms with van der Waals surface area (Å²) in [7, 11) is 0. The van der Waals surface area contributed by atoms with Gasteiger partial charge in [0, 0.05) is 29.2 Å². The Balaban J connectivity index is 1.61. The SMILES string of the molecule is O=C1N=C2C(=C1C(=O)NC1CSCCN1)c1cccc3cccc2c13. The molecule has 1 fully saturated rings. The molecular weight excluding hydrogens is 334 g/mol. The van der Waals surface area contributed by atoms with Gasteiger partial charge in [0.2, 0.25) is 0 Å². The third-order valence-electron chi connectivity index (χ3n) is 4.80. The molecule has 2 aromatic rings. The van der Waals surface area contributed by atoms with Gasteiger partial charge in [-0.25, -0.2) is 4.99 Å². The Morgan fingerprint density at radius 3 is 2.76 bits per heavy atom. The zero-order chi connectivity index (χ0) is 17.0. The Morgan fingerprint density at radius 1 is 1.20 bits per heavy atom. The molecular formula is C19H15N3O2S. The molecule has 1 unspecified atom stereocenters. The highest BCUT2D eigenvalue weighted by Gasteiger charge is 2.38. The van der Waals surface area contributed by atoms with Crippen LogP contribution in [0.2, 0.25) is 0 Å². The van der Waals surface area contributed by atoms with Crippen LogP contribution < -0.4 is 10.6 Å². The lowest BCUT2D eigenvalue weighted by molar-refractivity contribution is -0.122. The van der Waals surface area contributed by atoms with Crippen LogP contribution in [-0.4, -0.2) is 41.7 Å². The van der Waals surface area contributed by atoms with E-state index in [9.17, 15) is 9.59 Å². The van der Waals surface area contributed by atoms with E-state index in [2.05, 4.69) is 15.6 Å². The highest BCUT2D eigenvalue weighted by atomic mass is 32.2. The fraction of sp³-hybridized carbons (Fsp3) is 0.211. The van der Waals surface area contributed by atoms with Crippen molar-refractivity contribution in [1.82, 2.24) is 10.6 Å². The van der Waals surface area contributed by atoms with Gasteiger partial charge < -0.3 is 5.32 Å². The molecule has 0 aromatic heterocycles. The largest absolute Gasteiger partial charge is 0.336 e. The molecule has 1 aliphatic carbocycles. The summed E-state index contributed by atoms with van der Waals surface area (Å²) in [5, 5.41) is 8.37. The van der Waals surface area contributed by atoms with E-state index in [1.54, 1.807) is 11.8 Å². The smallest absolute Gasteiger partial charge is 0.283 e. The number of hydrogen-bond acceptors (Lipinski definition) is 4. The predicted octanol–water partition coefficient (Wildman–Crippen LogP) is 1.71. The first kappa shape index (κ1) is 14.9. The van der Waals surface area contributed by atoms with E-state index in [1.165, 1.54) is 0 Å². The summed E-state index contributed by atoms with van der Waals surface area (Å²) in [6, 6.07) is 11.9. The molecule has 2 N–H and O–H groups in total. The van der Waals surface area contributed by atoms with Gasteiger partial charge in [0.1, 0.15) is 5.57 Å². The summed E-state index contributed by atoms with van der Waals surface area (Å²) < 4.78 is 0. The summed E-state index contributed by atoms with van der Waals surface area (Å²) >= 11 is 1.79. The van der Waals surface area contributed by atoms with Gasteiger partial charge in [0.15, 0.2) is 0 Å². The lowest BCUT2D eigenvalue weighted by Crippen LogP contribution is -2.51. The maximum atomic E-state index is 12.8. The monoisotopic (exact) mass is 349 g/mol. The molecule has 0 saturated carbocycles. The lowest BCUT2D eigenvalue weighted by Gasteiger charge is -2.24. The van der Waals surface area contributed by atoms with Crippen LogP contribution in [0, 0.1) is 0 Å². The van der Waals surface area contributed by atoms with E-state index in [0.717, 1.165) is 39.9 Å². The maximum absolute atomic E-state index is 12.8. The molecule has 2 aliphatic heterocycles. The zero-order valence-corrected chi connectivity index (χ0v) is 14.2. The average Bonchev–Trinajstić information content (AvgIpc) is 3.12. The van der Waals surface area contributed by atoms with Crippen molar-refractivity contribution in [1.29, 1.82) is 0 Å². The quantitative estimate of drug-likeness (QED) is 0.810. The number of thioether (sulfide) groups is 1. The Hall–Kier alpha value is -2.44. The minimum absolute atomic E-state index is 0.115. The number of amides is 2. The second-order valence-electron chi connectivity index (χ2n) is 6.28. The summed E-state index contributed by atoms with van der Waals surface area (Å²) in [6.45, 7) is 0.849. The minimum Gasteiger partial charge on any atom is -0.336 e. The number of nitrogens with one attached hydrogen (secondary N) is 2. The number of carbonyl (C=O) groups excluding carboxylic acids is 2. The van der Waals surface area contributed by atoms with Crippen LogP contribution in [0.1, 0.15) is 11.1 Å². The molecule has 2 amide bonds. The van der Waals surface area contributed by atoms with Crippen LogP contribution in [0.5, 0.6) is 0 Å². The Kier molecular flexibility index (Phi) is 3.29. The third kappa shape index (κ3) is 2.18. The van der Waals surface area contributed by atoms with E-state index < -0.39 is 5.91 Å². The van der Waals surface area contributed by atoms with Crippen LogP contribution in [-0.2, 0) is 9.59 Å². The number of hydrogen-bond donors (Lipinski definition) is 2. The Bertz CT molecular complexity index is 998. The van der Waals surface area contributed by atoms with Crippen molar-refractivity contribution in [3.8, 4) is 0 Å². The molecule has 124 valence electrons. The fourth-order valence-electron chi connectivity index (χ4n) is 3.74. The molecule has 2 heterocycles. The summed E-state index contributed by atoms with van der Waals surface area (Å²) in [4.78, 5) is 29.5. The van der Waals surface area contributed by atoms with Gasteiger partial charge >= 0.3 is 0 Å². The number of rotatable bonds is 2. The zero-order valence-electron chi connectivity index (χ0n) is 13.3. The molecule has 6 heteroatoms.